The molecule has 0 N–H and O–H groups in total. The van der Waals surface area contributed by atoms with Gasteiger partial charge in [0, 0.05) is 12.6 Å². The van der Waals surface area contributed by atoms with E-state index in [1.807, 2.05) is 0 Å². The van der Waals surface area contributed by atoms with Crippen molar-refractivity contribution in [3.8, 4) is 0 Å². The normalized spacial score (nSPS) is 17.6. The number of carbonyl (C=O) groups is 2. The number of nitrogens with zero attached hydrogens (tertiary/aromatic N) is 1. The predicted molar refractivity (Wildman–Crippen MR) is 62.9 cm³/mol. The van der Waals surface area contributed by atoms with Crippen LogP contribution in [0, 0.1) is 0 Å². The van der Waals surface area contributed by atoms with E-state index in [-0.39, 0.29) is 6.42 Å². The second-order valence-electron chi connectivity index (χ2n) is 4.55. The zero-order chi connectivity index (χ0) is 14.9. The fourth-order valence-corrected chi connectivity index (χ4v) is 2.04. The van der Waals surface area contributed by atoms with Crippen molar-refractivity contribution >= 4 is 11.9 Å². The average molecular weight is 287 g/mol. The summed E-state index contributed by atoms with van der Waals surface area (Å²) in [7, 11) is 1.07. The molecule has 20 heavy (non-hydrogen) atoms. The monoisotopic (exact) mass is 287 g/mol. The lowest BCUT2D eigenvalue weighted by Crippen LogP contribution is -2.36. The van der Waals surface area contributed by atoms with Crippen LogP contribution in [0.5, 0.6) is 0 Å². The molecule has 1 aromatic carbocycles. The van der Waals surface area contributed by atoms with E-state index < -0.39 is 30.7 Å². The smallest absolute Gasteiger partial charge is 0.406 e. The largest absolute Gasteiger partial charge is 0.453 e. The minimum absolute atomic E-state index is 0.296. The molecule has 1 unspecified atom stereocenters. The number of rotatable bonds is 3. The van der Waals surface area contributed by atoms with Crippen molar-refractivity contribution in [1.82, 2.24) is 4.90 Å². The highest BCUT2D eigenvalue weighted by atomic mass is 19.4. The van der Waals surface area contributed by atoms with Gasteiger partial charge in [0.2, 0.25) is 5.91 Å². The lowest BCUT2D eigenvalue weighted by Gasteiger charge is -2.20. The summed E-state index contributed by atoms with van der Waals surface area (Å²) in [5, 5.41) is 0. The van der Waals surface area contributed by atoms with Gasteiger partial charge in [-0.15, -0.1) is 0 Å². The van der Waals surface area contributed by atoms with E-state index in [0.717, 1.165) is 7.05 Å². The molecule has 0 aliphatic carbocycles. The fourth-order valence-electron chi connectivity index (χ4n) is 2.04. The number of cyclic esters (lactones) is 1. The summed E-state index contributed by atoms with van der Waals surface area (Å²) >= 11 is 0. The van der Waals surface area contributed by atoms with Crippen molar-refractivity contribution in [2.24, 2.45) is 0 Å². The van der Waals surface area contributed by atoms with Crippen LogP contribution in [0.25, 0.3) is 0 Å². The molecular weight excluding hydrogens is 275 g/mol. The number of fused-ring (bicyclic) bond motifs is 1. The molecule has 0 bridgehead atoms. The Hall–Kier alpha value is -2.05. The molecular formula is C13H12F3NO3. The third kappa shape index (κ3) is 3.09. The van der Waals surface area contributed by atoms with Crippen molar-refractivity contribution in [3.63, 3.8) is 0 Å². The van der Waals surface area contributed by atoms with Gasteiger partial charge in [-0.3, -0.25) is 4.79 Å². The van der Waals surface area contributed by atoms with Crippen LogP contribution in [0.1, 0.15) is 28.4 Å². The predicted octanol–water partition coefficient (Wildman–Crippen LogP) is 2.31. The topological polar surface area (TPSA) is 46.6 Å². The molecule has 0 radical (unpaired) electrons. The third-order valence-electron chi connectivity index (χ3n) is 2.98. The molecule has 108 valence electrons. The average Bonchev–Trinajstić information content (AvgIpc) is 2.65. The quantitative estimate of drug-likeness (QED) is 0.801. The van der Waals surface area contributed by atoms with Crippen LogP contribution in [0.15, 0.2) is 24.3 Å². The summed E-state index contributed by atoms with van der Waals surface area (Å²) in [6, 6.07) is 6.52. The number of hydrogen-bond donors (Lipinski definition) is 0. The second kappa shape index (κ2) is 5.15. The standard InChI is InChI=1S/C13H12F3NO3/c1-17(7-13(14,15)16)11(18)6-10-8-4-2-3-5-9(8)12(19)20-10/h2-5,10H,6-7H2,1H3. The molecule has 1 aliphatic rings. The minimum atomic E-state index is -4.45. The van der Waals surface area contributed by atoms with Gasteiger partial charge in [-0.25, -0.2) is 4.79 Å². The molecule has 1 atom stereocenters. The molecule has 0 aromatic heterocycles. The van der Waals surface area contributed by atoms with Gasteiger partial charge in [0.15, 0.2) is 0 Å². The Labute approximate surface area is 113 Å². The molecule has 0 spiro atoms. The van der Waals surface area contributed by atoms with Gasteiger partial charge >= 0.3 is 12.1 Å². The zero-order valence-corrected chi connectivity index (χ0v) is 10.6. The Morgan fingerprint density at radius 1 is 1.35 bits per heavy atom. The fraction of sp³-hybridized carbons (Fsp3) is 0.385. The Morgan fingerprint density at radius 3 is 2.65 bits per heavy atom. The maximum atomic E-state index is 12.2. The number of esters is 1. The first kappa shape index (κ1) is 14.4. The molecule has 1 heterocycles. The van der Waals surface area contributed by atoms with Crippen LogP contribution >= 0.6 is 0 Å². The van der Waals surface area contributed by atoms with E-state index in [2.05, 4.69) is 0 Å². The van der Waals surface area contributed by atoms with Crippen LogP contribution in [0.3, 0.4) is 0 Å². The third-order valence-corrected chi connectivity index (χ3v) is 2.98. The summed E-state index contributed by atoms with van der Waals surface area (Å²) in [5.74, 6) is -1.28. The van der Waals surface area contributed by atoms with Crippen LogP contribution in [0.4, 0.5) is 13.2 Å². The van der Waals surface area contributed by atoms with E-state index in [0.29, 0.717) is 16.0 Å². The molecule has 1 amide bonds. The number of carbonyl (C=O) groups excluding carboxylic acids is 2. The zero-order valence-electron chi connectivity index (χ0n) is 10.6. The molecule has 1 aromatic rings. The van der Waals surface area contributed by atoms with Crippen molar-refractivity contribution < 1.29 is 27.5 Å². The summed E-state index contributed by atoms with van der Waals surface area (Å²) in [4.78, 5) is 23.8. The molecule has 0 saturated carbocycles. The lowest BCUT2D eigenvalue weighted by molar-refractivity contribution is -0.159. The number of ether oxygens (including phenoxy) is 1. The molecule has 2 rings (SSSR count). The van der Waals surface area contributed by atoms with Crippen LogP contribution < -0.4 is 0 Å². The summed E-state index contributed by atoms with van der Waals surface area (Å²) in [6.45, 7) is -1.33. The Balaban J connectivity index is 2.05. The van der Waals surface area contributed by atoms with Gasteiger partial charge in [-0.1, -0.05) is 18.2 Å². The lowest BCUT2D eigenvalue weighted by atomic mass is 10.0. The number of amides is 1. The van der Waals surface area contributed by atoms with Crippen molar-refractivity contribution in [3.05, 3.63) is 35.4 Å². The Bertz CT molecular complexity index is 542. The molecule has 7 heteroatoms. The van der Waals surface area contributed by atoms with Crippen molar-refractivity contribution in [1.29, 1.82) is 0 Å². The minimum Gasteiger partial charge on any atom is -0.453 e. The SMILES string of the molecule is CN(CC(F)(F)F)C(=O)CC1OC(=O)c2ccccc21. The highest BCUT2D eigenvalue weighted by Gasteiger charge is 2.35. The van der Waals surface area contributed by atoms with Crippen molar-refractivity contribution in [2.45, 2.75) is 18.7 Å². The van der Waals surface area contributed by atoms with Crippen LogP contribution in [-0.2, 0) is 9.53 Å². The maximum Gasteiger partial charge on any atom is 0.406 e. The summed E-state index contributed by atoms with van der Waals surface area (Å²) in [5.41, 5.74) is 0.884. The highest BCUT2D eigenvalue weighted by Crippen LogP contribution is 2.33. The number of hydrogen-bond acceptors (Lipinski definition) is 3. The Morgan fingerprint density at radius 2 is 2.00 bits per heavy atom. The van der Waals surface area contributed by atoms with Gasteiger partial charge in [-0.2, -0.15) is 13.2 Å². The van der Waals surface area contributed by atoms with Crippen LogP contribution in [-0.4, -0.2) is 36.5 Å². The summed E-state index contributed by atoms with van der Waals surface area (Å²) in [6.07, 6.45) is -5.56. The molecule has 0 fully saturated rings. The number of alkyl halides is 3. The first-order chi connectivity index (χ1) is 9.28. The van der Waals surface area contributed by atoms with Gasteiger partial charge in [0.05, 0.1) is 12.0 Å². The molecule has 4 nitrogen and oxygen atoms in total. The summed E-state index contributed by atoms with van der Waals surface area (Å²) < 4.78 is 41.6. The number of benzene rings is 1. The van der Waals surface area contributed by atoms with Gasteiger partial charge < -0.3 is 9.64 Å². The van der Waals surface area contributed by atoms with E-state index >= 15 is 0 Å². The number of halogens is 3. The first-order valence-corrected chi connectivity index (χ1v) is 5.88. The van der Waals surface area contributed by atoms with E-state index in [9.17, 15) is 22.8 Å². The molecule has 1 aliphatic heterocycles. The van der Waals surface area contributed by atoms with Gasteiger partial charge in [0.1, 0.15) is 12.6 Å². The first-order valence-electron chi connectivity index (χ1n) is 5.88. The second-order valence-corrected chi connectivity index (χ2v) is 4.55. The van der Waals surface area contributed by atoms with Crippen molar-refractivity contribution in [2.75, 3.05) is 13.6 Å². The molecule has 0 saturated heterocycles. The van der Waals surface area contributed by atoms with E-state index in [4.69, 9.17) is 4.74 Å². The maximum absolute atomic E-state index is 12.2. The highest BCUT2D eigenvalue weighted by molar-refractivity contribution is 5.94. The Kier molecular flexibility index (Phi) is 3.69. The van der Waals surface area contributed by atoms with Gasteiger partial charge in [0.25, 0.3) is 0 Å². The van der Waals surface area contributed by atoms with Gasteiger partial charge in [-0.05, 0) is 6.07 Å². The van der Waals surface area contributed by atoms with E-state index in [1.165, 1.54) is 0 Å². The van der Waals surface area contributed by atoms with Crippen LogP contribution in [0.2, 0.25) is 0 Å². The van der Waals surface area contributed by atoms with E-state index in [1.54, 1.807) is 24.3 Å².